The van der Waals surface area contributed by atoms with E-state index in [4.69, 9.17) is 9.47 Å². The van der Waals surface area contributed by atoms with Gasteiger partial charge in [-0.3, -0.25) is 0 Å². The van der Waals surface area contributed by atoms with Crippen molar-refractivity contribution in [3.8, 4) is 0 Å². The summed E-state index contributed by atoms with van der Waals surface area (Å²) in [5.74, 6) is 0. The second-order valence-corrected chi connectivity index (χ2v) is 4.96. The molecule has 2 atom stereocenters. The summed E-state index contributed by atoms with van der Waals surface area (Å²) < 4.78 is 11.0. The molecule has 14 heavy (non-hydrogen) atoms. The average molecular weight is 332 g/mol. The number of halogens is 2. The van der Waals surface area contributed by atoms with E-state index in [1.807, 2.05) is 0 Å². The smallest absolute Gasteiger partial charge is 0.148 e. The summed E-state index contributed by atoms with van der Waals surface area (Å²) in [5, 5.41) is -0.100. The SMILES string of the molecule is CCCCOC(Br)C(Br)OCCCC. The monoisotopic (exact) mass is 330 g/mol. The lowest BCUT2D eigenvalue weighted by molar-refractivity contribution is 0.0158. The predicted molar refractivity (Wildman–Crippen MR) is 67.2 cm³/mol. The van der Waals surface area contributed by atoms with E-state index in [-0.39, 0.29) is 10.0 Å². The van der Waals surface area contributed by atoms with E-state index in [1.54, 1.807) is 0 Å². The number of hydrogen-bond acceptors (Lipinski definition) is 2. The minimum absolute atomic E-state index is 0.0501. The van der Waals surface area contributed by atoms with Gasteiger partial charge in [0.2, 0.25) is 0 Å². The quantitative estimate of drug-likeness (QED) is 0.468. The van der Waals surface area contributed by atoms with Crippen molar-refractivity contribution in [3.05, 3.63) is 0 Å². The summed E-state index contributed by atoms with van der Waals surface area (Å²) in [6, 6.07) is 0. The maximum absolute atomic E-state index is 5.52. The van der Waals surface area contributed by atoms with Crippen LogP contribution in [-0.2, 0) is 9.47 Å². The number of rotatable bonds is 9. The first kappa shape index (κ1) is 14.9. The molecule has 2 nitrogen and oxygen atoms in total. The van der Waals surface area contributed by atoms with Gasteiger partial charge in [-0.25, -0.2) is 0 Å². The van der Waals surface area contributed by atoms with Crippen molar-refractivity contribution in [1.29, 1.82) is 0 Å². The first-order valence-electron chi connectivity index (χ1n) is 5.23. The average Bonchev–Trinajstić information content (AvgIpc) is 2.18. The summed E-state index contributed by atoms with van der Waals surface area (Å²) in [6.07, 6.45) is 4.50. The Morgan fingerprint density at radius 1 is 0.857 bits per heavy atom. The van der Waals surface area contributed by atoms with Gasteiger partial charge in [0.15, 0.2) is 0 Å². The van der Waals surface area contributed by atoms with Crippen LogP contribution in [-0.4, -0.2) is 23.2 Å². The predicted octanol–water partition coefficient (Wildman–Crippen LogP) is 4.06. The molecule has 86 valence electrons. The van der Waals surface area contributed by atoms with Crippen molar-refractivity contribution >= 4 is 31.9 Å². The maximum atomic E-state index is 5.52. The van der Waals surface area contributed by atoms with E-state index in [2.05, 4.69) is 45.7 Å². The van der Waals surface area contributed by atoms with Crippen molar-refractivity contribution in [2.24, 2.45) is 0 Å². The Morgan fingerprint density at radius 3 is 1.50 bits per heavy atom. The van der Waals surface area contributed by atoms with Gasteiger partial charge in [0.25, 0.3) is 0 Å². The third-order valence-electron chi connectivity index (χ3n) is 1.76. The largest absolute Gasteiger partial charge is 0.363 e. The molecule has 0 amide bonds. The van der Waals surface area contributed by atoms with E-state index >= 15 is 0 Å². The summed E-state index contributed by atoms with van der Waals surface area (Å²) >= 11 is 6.86. The molecule has 0 bridgehead atoms. The summed E-state index contributed by atoms with van der Waals surface area (Å²) in [6.45, 7) is 5.86. The second kappa shape index (κ2) is 10.4. The van der Waals surface area contributed by atoms with Gasteiger partial charge in [0, 0.05) is 13.2 Å². The molecule has 0 spiro atoms. The van der Waals surface area contributed by atoms with Crippen LogP contribution in [0.15, 0.2) is 0 Å². The molecule has 0 aromatic heterocycles. The standard InChI is InChI=1S/C10H20Br2O2/c1-3-5-7-13-9(11)10(12)14-8-6-4-2/h9-10H,3-8H2,1-2H3. The lowest BCUT2D eigenvalue weighted by atomic mass is 10.4. The fourth-order valence-corrected chi connectivity index (χ4v) is 1.51. The van der Waals surface area contributed by atoms with Crippen LogP contribution in [0.2, 0.25) is 0 Å². The van der Waals surface area contributed by atoms with Crippen LogP contribution in [0.25, 0.3) is 0 Å². The van der Waals surface area contributed by atoms with Crippen molar-refractivity contribution < 1.29 is 9.47 Å². The van der Waals surface area contributed by atoms with Gasteiger partial charge in [-0.2, -0.15) is 0 Å². The van der Waals surface area contributed by atoms with Gasteiger partial charge in [-0.1, -0.05) is 58.5 Å². The van der Waals surface area contributed by atoms with Crippen LogP contribution in [0, 0.1) is 0 Å². The van der Waals surface area contributed by atoms with E-state index in [0.717, 1.165) is 38.9 Å². The normalized spacial score (nSPS) is 15.4. The summed E-state index contributed by atoms with van der Waals surface area (Å²) in [4.78, 5) is 0. The van der Waals surface area contributed by atoms with Gasteiger partial charge in [-0.15, -0.1) is 0 Å². The lowest BCUT2D eigenvalue weighted by Gasteiger charge is -2.17. The van der Waals surface area contributed by atoms with Crippen LogP contribution in [0.1, 0.15) is 39.5 Å². The molecule has 0 aromatic rings. The highest BCUT2D eigenvalue weighted by atomic mass is 79.9. The molecular formula is C10H20Br2O2. The highest BCUT2D eigenvalue weighted by Gasteiger charge is 2.15. The molecule has 4 heteroatoms. The third-order valence-corrected chi connectivity index (χ3v) is 3.95. The van der Waals surface area contributed by atoms with E-state index in [0.29, 0.717) is 0 Å². The molecule has 0 radical (unpaired) electrons. The van der Waals surface area contributed by atoms with Crippen molar-refractivity contribution in [2.45, 2.75) is 49.6 Å². The Labute approximate surface area is 104 Å². The zero-order valence-corrected chi connectivity index (χ0v) is 12.1. The van der Waals surface area contributed by atoms with Gasteiger partial charge in [0.05, 0.1) is 0 Å². The Kier molecular flexibility index (Phi) is 11.1. The van der Waals surface area contributed by atoms with Crippen molar-refractivity contribution in [2.75, 3.05) is 13.2 Å². The van der Waals surface area contributed by atoms with E-state index < -0.39 is 0 Å². The van der Waals surface area contributed by atoms with Crippen LogP contribution < -0.4 is 0 Å². The molecule has 0 saturated carbocycles. The first-order valence-corrected chi connectivity index (χ1v) is 7.06. The first-order chi connectivity index (χ1) is 6.72. The van der Waals surface area contributed by atoms with Crippen molar-refractivity contribution in [3.63, 3.8) is 0 Å². The number of unbranched alkanes of at least 4 members (excludes halogenated alkanes) is 2. The summed E-state index contributed by atoms with van der Waals surface area (Å²) in [7, 11) is 0. The number of hydrogen-bond donors (Lipinski definition) is 0. The fourth-order valence-electron chi connectivity index (χ4n) is 0.832. The molecule has 0 aliphatic rings. The topological polar surface area (TPSA) is 18.5 Å². The van der Waals surface area contributed by atoms with Crippen LogP contribution >= 0.6 is 31.9 Å². The van der Waals surface area contributed by atoms with Gasteiger partial charge in [-0.05, 0) is 12.8 Å². The van der Waals surface area contributed by atoms with E-state index in [1.165, 1.54) is 0 Å². The molecule has 0 fully saturated rings. The molecular weight excluding hydrogens is 312 g/mol. The third kappa shape index (κ3) is 8.21. The molecule has 0 saturated heterocycles. The molecule has 0 aliphatic heterocycles. The van der Waals surface area contributed by atoms with Gasteiger partial charge in [0.1, 0.15) is 10.0 Å². The second-order valence-electron chi connectivity index (χ2n) is 3.15. The Balaban J connectivity index is 3.39. The molecule has 0 heterocycles. The molecule has 0 N–H and O–H groups in total. The molecule has 0 rings (SSSR count). The molecule has 0 aliphatic carbocycles. The zero-order valence-electron chi connectivity index (χ0n) is 8.97. The minimum atomic E-state index is -0.0501. The Hall–Kier alpha value is 0.880. The molecule has 0 aromatic carbocycles. The lowest BCUT2D eigenvalue weighted by Crippen LogP contribution is -2.21. The van der Waals surface area contributed by atoms with Crippen LogP contribution in [0.5, 0.6) is 0 Å². The maximum Gasteiger partial charge on any atom is 0.148 e. The minimum Gasteiger partial charge on any atom is -0.363 e. The fraction of sp³-hybridized carbons (Fsp3) is 1.00. The Morgan fingerprint density at radius 2 is 1.21 bits per heavy atom. The van der Waals surface area contributed by atoms with Gasteiger partial charge < -0.3 is 9.47 Å². The van der Waals surface area contributed by atoms with Crippen molar-refractivity contribution in [1.82, 2.24) is 0 Å². The Bertz CT molecular complexity index is 109. The number of alkyl halides is 2. The summed E-state index contributed by atoms with van der Waals surface area (Å²) in [5.41, 5.74) is 0. The molecule has 2 unspecified atom stereocenters. The number of ether oxygens (including phenoxy) is 2. The van der Waals surface area contributed by atoms with Crippen LogP contribution in [0.4, 0.5) is 0 Å². The highest BCUT2D eigenvalue weighted by molar-refractivity contribution is 9.12. The zero-order chi connectivity index (χ0) is 10.8. The van der Waals surface area contributed by atoms with Crippen LogP contribution in [0.3, 0.4) is 0 Å². The highest BCUT2D eigenvalue weighted by Crippen LogP contribution is 2.17. The van der Waals surface area contributed by atoms with Gasteiger partial charge >= 0.3 is 0 Å². The van der Waals surface area contributed by atoms with E-state index in [9.17, 15) is 0 Å².